The highest BCUT2D eigenvalue weighted by Gasteiger charge is 2.62. The van der Waals surface area contributed by atoms with E-state index in [9.17, 15) is 22.8 Å². The summed E-state index contributed by atoms with van der Waals surface area (Å²) in [6, 6.07) is 10.4. The molecule has 1 saturated heterocycles. The van der Waals surface area contributed by atoms with Crippen molar-refractivity contribution in [3.63, 3.8) is 0 Å². The normalized spacial score (nSPS) is 27.2. The summed E-state index contributed by atoms with van der Waals surface area (Å²) in [4.78, 5) is 68.1. The zero-order valence-corrected chi connectivity index (χ0v) is 38.1. The summed E-state index contributed by atoms with van der Waals surface area (Å²) >= 11 is 0. The molecular weight excluding hydrogens is 829 g/mol. The summed E-state index contributed by atoms with van der Waals surface area (Å²) in [5.41, 5.74) is -1.18. The van der Waals surface area contributed by atoms with E-state index in [2.05, 4.69) is 22.3 Å². The monoisotopic (exact) mass is 888 g/mol. The molecule has 0 radical (unpaired) electrons. The zero-order valence-electron chi connectivity index (χ0n) is 37.3. The first-order chi connectivity index (χ1) is 29.7. The maximum absolute atomic E-state index is 15.0. The van der Waals surface area contributed by atoms with Gasteiger partial charge in [0, 0.05) is 24.0 Å². The second-order valence-corrected chi connectivity index (χ2v) is 20.8. The van der Waals surface area contributed by atoms with Crippen LogP contribution in [-0.2, 0) is 29.1 Å². The predicted molar refractivity (Wildman–Crippen MR) is 235 cm³/mol. The number of amides is 4. The summed E-state index contributed by atoms with van der Waals surface area (Å²) in [7, 11) is -2.38. The summed E-state index contributed by atoms with van der Waals surface area (Å²) in [5, 5.41) is 5.65. The number of nitrogens with one attached hydrogen (secondary N) is 3. The molecule has 0 bridgehead atoms. The third-order valence-corrected chi connectivity index (χ3v) is 13.7. The maximum atomic E-state index is 15.0. The number of allylic oxidation sites excluding steroid dienone is 1. The van der Waals surface area contributed by atoms with Gasteiger partial charge >= 0.3 is 6.09 Å². The fraction of sp³-hybridized carbons (Fsp3) is 0.565. The molecule has 1 unspecified atom stereocenters. The average molecular weight is 889 g/mol. The number of benzene rings is 2. The molecule has 17 heteroatoms. The molecule has 4 amide bonds. The van der Waals surface area contributed by atoms with E-state index in [4.69, 9.17) is 28.9 Å². The summed E-state index contributed by atoms with van der Waals surface area (Å²) < 4.78 is 51.9. The van der Waals surface area contributed by atoms with Crippen LogP contribution in [0.2, 0.25) is 0 Å². The molecule has 2 aliphatic carbocycles. The number of rotatable bonds is 10. The summed E-state index contributed by atoms with van der Waals surface area (Å²) in [6.07, 6.45) is 5.29. The highest BCUT2D eigenvalue weighted by atomic mass is 32.2. The Kier molecular flexibility index (Phi) is 13.0. The number of carbonyl (C=O) groups excluding carboxylic acids is 4. The Labute approximate surface area is 369 Å². The van der Waals surface area contributed by atoms with Gasteiger partial charge in [-0.15, -0.1) is 0 Å². The Hall–Kier alpha value is -5.45. The van der Waals surface area contributed by atoms with Crippen molar-refractivity contribution >= 4 is 44.7 Å². The lowest BCUT2D eigenvalue weighted by Crippen LogP contribution is -2.59. The highest BCUT2D eigenvalue weighted by molar-refractivity contribution is 7.91. The molecule has 340 valence electrons. The molecule has 7 rings (SSSR count). The van der Waals surface area contributed by atoms with Crippen molar-refractivity contribution in [2.75, 3.05) is 13.7 Å². The predicted octanol–water partition coefficient (Wildman–Crippen LogP) is 5.83. The van der Waals surface area contributed by atoms with Crippen molar-refractivity contribution in [3.05, 3.63) is 54.6 Å². The van der Waals surface area contributed by atoms with E-state index in [0.717, 1.165) is 6.42 Å². The minimum absolute atomic E-state index is 0.0151. The van der Waals surface area contributed by atoms with E-state index in [1.807, 2.05) is 57.2 Å². The van der Waals surface area contributed by atoms with E-state index in [0.29, 0.717) is 59.5 Å². The molecule has 0 spiro atoms. The van der Waals surface area contributed by atoms with Crippen LogP contribution in [0.3, 0.4) is 0 Å². The quantitative estimate of drug-likeness (QED) is 0.206. The number of aromatic nitrogens is 2. The van der Waals surface area contributed by atoms with Gasteiger partial charge in [-0.25, -0.2) is 18.2 Å². The van der Waals surface area contributed by atoms with Crippen LogP contribution in [-0.4, -0.2) is 101 Å². The maximum Gasteiger partial charge on any atom is 0.408 e. The van der Waals surface area contributed by atoms with Gasteiger partial charge in [0.1, 0.15) is 40.8 Å². The fourth-order valence-corrected chi connectivity index (χ4v) is 9.83. The first kappa shape index (κ1) is 45.6. The van der Waals surface area contributed by atoms with Gasteiger partial charge in [0.05, 0.1) is 35.9 Å². The first-order valence-corrected chi connectivity index (χ1v) is 23.4. The number of nitrogens with zero attached hydrogens (tertiary/aromatic N) is 3. The number of hydrogen-bond donors (Lipinski definition) is 3. The number of alkyl carbamates (subject to hydrolysis) is 1. The average Bonchev–Trinajstić information content (AvgIpc) is 4.14. The molecule has 7 atom stereocenters. The minimum atomic E-state index is -3.94. The Bertz CT molecular complexity index is 2360. The smallest absolute Gasteiger partial charge is 0.408 e. The molecule has 16 nitrogen and oxygen atoms in total. The van der Waals surface area contributed by atoms with Crippen molar-refractivity contribution in [1.82, 2.24) is 30.2 Å². The Morgan fingerprint density at radius 3 is 2.37 bits per heavy atom. The van der Waals surface area contributed by atoms with Crippen LogP contribution in [0.4, 0.5) is 4.79 Å². The van der Waals surface area contributed by atoms with Crippen LogP contribution < -0.4 is 29.6 Å². The lowest BCUT2D eigenvalue weighted by Gasteiger charge is -2.33. The number of sulfonamides is 1. The SMILES string of the molecule is COc1ccc2c(O[C@@H]3C[C@H]4C(=O)N[C@]5(C(=O)NS(=O)(=O)C6CC6)C[C@H]5/C=C\CC[C@H](C)C[C@@H](C)C(NC(=O)OC(C)(C)C)C(=O)N4C3)nc(-c3ccc(OC(C)C)cc3)nc2c1. The van der Waals surface area contributed by atoms with Gasteiger partial charge in [0.2, 0.25) is 27.7 Å². The van der Waals surface area contributed by atoms with Gasteiger partial charge in [-0.05, 0) is 121 Å². The summed E-state index contributed by atoms with van der Waals surface area (Å²) in [6.45, 7) is 13.0. The first-order valence-electron chi connectivity index (χ1n) is 21.9. The van der Waals surface area contributed by atoms with Crippen molar-refractivity contribution in [3.8, 4) is 28.8 Å². The van der Waals surface area contributed by atoms with Gasteiger partial charge in [-0.2, -0.15) is 4.98 Å². The Morgan fingerprint density at radius 2 is 1.70 bits per heavy atom. The van der Waals surface area contributed by atoms with E-state index < -0.39 is 74.3 Å². The van der Waals surface area contributed by atoms with Gasteiger partial charge in [0.25, 0.3) is 5.91 Å². The lowest BCUT2D eigenvalue weighted by molar-refractivity contribution is -0.142. The van der Waals surface area contributed by atoms with Gasteiger partial charge in [-0.3, -0.25) is 19.1 Å². The van der Waals surface area contributed by atoms with Crippen molar-refractivity contribution in [2.24, 2.45) is 17.8 Å². The molecule has 1 aromatic heterocycles. The van der Waals surface area contributed by atoms with Gasteiger partial charge < -0.3 is 34.5 Å². The van der Waals surface area contributed by atoms with Crippen molar-refractivity contribution < 1.29 is 46.5 Å². The second-order valence-electron chi connectivity index (χ2n) is 18.8. The second kappa shape index (κ2) is 18.0. The molecular formula is C46H60N6O10S. The Balaban J connectivity index is 1.25. The molecule has 2 aromatic carbocycles. The molecule has 2 aliphatic heterocycles. The van der Waals surface area contributed by atoms with Gasteiger partial charge in [0.15, 0.2) is 5.82 Å². The Morgan fingerprint density at radius 1 is 0.984 bits per heavy atom. The standard InChI is InChI=1S/C46H60N6O10S/c1-26(2)60-31-15-13-29(14-16-31)39-47-36-22-32(59-8)17-20-35(36)41(49-39)61-33-23-37-40(53)50-46(43(55)51-63(57,58)34-18-19-34)24-30(46)12-10-9-11-27(3)21-28(4)38(42(54)52(37)25-33)48-44(56)62-45(5,6)7/h10,12-17,20,22,26-28,30,33-34,37-38H,9,11,18-19,21,23-25H2,1-8H3,(H,48,56)(H,50,53)(H,51,55)/b12-10-/t27-,28+,30+,33+,37-,38?,46+/m0/s1. The van der Waals surface area contributed by atoms with E-state index in [1.54, 1.807) is 46.1 Å². The van der Waals surface area contributed by atoms with Crippen LogP contribution in [0.15, 0.2) is 54.6 Å². The topological polar surface area (TPSA) is 204 Å². The molecule has 3 aromatic rings. The van der Waals surface area contributed by atoms with E-state index >= 15 is 4.79 Å². The number of methoxy groups -OCH3 is 1. The fourth-order valence-electron chi connectivity index (χ4n) is 8.47. The zero-order chi connectivity index (χ0) is 45.4. The van der Waals surface area contributed by atoms with Crippen LogP contribution in [0.1, 0.15) is 93.4 Å². The number of fused-ring (bicyclic) bond motifs is 3. The molecule has 3 N–H and O–H groups in total. The molecule has 4 aliphatic rings. The van der Waals surface area contributed by atoms with E-state index in [1.165, 1.54) is 4.90 Å². The van der Waals surface area contributed by atoms with Gasteiger partial charge in [-0.1, -0.05) is 26.0 Å². The third kappa shape index (κ3) is 10.7. The van der Waals surface area contributed by atoms with Crippen molar-refractivity contribution in [2.45, 2.75) is 134 Å². The highest BCUT2D eigenvalue weighted by Crippen LogP contribution is 2.46. The van der Waals surface area contributed by atoms with Crippen LogP contribution in [0.5, 0.6) is 17.4 Å². The molecule has 2 saturated carbocycles. The van der Waals surface area contributed by atoms with Crippen LogP contribution in [0, 0.1) is 17.8 Å². The largest absolute Gasteiger partial charge is 0.497 e. The third-order valence-electron chi connectivity index (χ3n) is 11.9. The van der Waals surface area contributed by atoms with Crippen LogP contribution in [0.25, 0.3) is 22.3 Å². The number of hydrogen-bond acceptors (Lipinski definition) is 12. The molecule has 3 fully saturated rings. The van der Waals surface area contributed by atoms with Crippen molar-refractivity contribution in [1.29, 1.82) is 0 Å². The van der Waals surface area contributed by atoms with Crippen LogP contribution >= 0.6 is 0 Å². The number of ether oxygens (including phenoxy) is 4. The lowest BCUT2D eigenvalue weighted by atomic mass is 9.88. The molecule has 3 heterocycles. The number of carbonyl (C=O) groups is 4. The minimum Gasteiger partial charge on any atom is -0.497 e. The summed E-state index contributed by atoms with van der Waals surface area (Å²) in [5.74, 6) is -0.891. The molecule has 63 heavy (non-hydrogen) atoms. The van der Waals surface area contributed by atoms with E-state index in [-0.39, 0.29) is 43.2 Å².